The van der Waals surface area contributed by atoms with E-state index in [0.717, 1.165) is 25.7 Å². The first kappa shape index (κ1) is 27.9. The third-order valence-corrected chi connectivity index (χ3v) is 9.48. The number of carbonyl (C=O) groups excluding carboxylic acids is 2. The summed E-state index contributed by atoms with van der Waals surface area (Å²) in [5.74, 6) is 0. The number of hydrogen-bond acceptors (Lipinski definition) is 6. The number of carbonyl (C=O) groups is 2. The lowest BCUT2D eigenvalue weighted by atomic mass is 10.4. The lowest BCUT2D eigenvalue weighted by molar-refractivity contribution is 0.0996. The maximum Gasteiger partial charge on any atom is 0.490 e. The third kappa shape index (κ3) is 15.4. The molecular weight excluding hydrogens is 410 g/mol. The molecule has 0 rings (SSSR count). The second kappa shape index (κ2) is 15.7. The van der Waals surface area contributed by atoms with Crippen molar-refractivity contribution in [3.8, 4) is 0 Å². The summed E-state index contributed by atoms with van der Waals surface area (Å²) in [5.41, 5.74) is 0. The quantitative estimate of drug-likeness (QED) is 0.211. The zero-order valence-electron chi connectivity index (χ0n) is 18.9. The van der Waals surface area contributed by atoms with E-state index in [1.165, 1.54) is 0 Å². The van der Waals surface area contributed by atoms with E-state index in [-0.39, 0.29) is 6.61 Å². The highest BCUT2D eigenvalue weighted by Gasteiger charge is 2.44. The molecule has 170 valence electrons. The van der Waals surface area contributed by atoms with E-state index < -0.39 is 29.2 Å². The molecule has 1 N–H and O–H groups in total. The van der Waals surface area contributed by atoms with Crippen molar-refractivity contribution in [2.75, 3.05) is 26.4 Å². The Kier molecular flexibility index (Phi) is 15.0. The summed E-state index contributed by atoms with van der Waals surface area (Å²) in [6, 6.07) is -0.0739. The predicted octanol–water partition coefficient (Wildman–Crippen LogP) is 5.12. The van der Waals surface area contributed by atoms with Crippen molar-refractivity contribution in [2.24, 2.45) is 10.2 Å². The Morgan fingerprint density at radius 1 is 0.897 bits per heavy atom. The summed E-state index contributed by atoms with van der Waals surface area (Å²) in [7, 11) is -4.73. The van der Waals surface area contributed by atoms with Crippen LogP contribution in [0.25, 0.3) is 0 Å². The van der Waals surface area contributed by atoms with Crippen LogP contribution in [-0.4, -0.2) is 55.6 Å². The first-order chi connectivity index (χ1) is 13.7. The van der Waals surface area contributed by atoms with Gasteiger partial charge in [-0.2, -0.15) is 0 Å². The van der Waals surface area contributed by atoms with E-state index >= 15 is 0 Å². The van der Waals surface area contributed by atoms with Gasteiger partial charge >= 0.3 is 20.9 Å². The Morgan fingerprint density at radius 3 is 1.97 bits per heavy atom. The minimum absolute atomic E-state index is 0.180. The number of urea groups is 1. The number of hydrogen-bond donors (Lipinski definition) is 1. The number of nitrogens with one attached hydrogen (secondary N) is 1. The van der Waals surface area contributed by atoms with Crippen LogP contribution < -0.4 is 5.32 Å². The average molecular weight is 450 g/mol. The fourth-order valence-electron chi connectivity index (χ4n) is 2.28. The molecule has 29 heavy (non-hydrogen) atoms. The van der Waals surface area contributed by atoms with Crippen LogP contribution in [0.1, 0.15) is 52.9 Å². The van der Waals surface area contributed by atoms with E-state index in [1.54, 1.807) is 6.92 Å². The van der Waals surface area contributed by atoms with E-state index in [2.05, 4.69) is 53.8 Å². The SMILES string of the molecule is CCCCO[Si](CCCNC(=O)/N=N/C(=O)OCC)(OCCCC)O[Si](C)(C)C. The van der Waals surface area contributed by atoms with Gasteiger partial charge in [-0.05, 0) is 45.8 Å². The zero-order chi connectivity index (χ0) is 22.2. The van der Waals surface area contributed by atoms with Gasteiger partial charge in [-0.3, -0.25) is 0 Å². The van der Waals surface area contributed by atoms with Gasteiger partial charge in [0, 0.05) is 25.8 Å². The van der Waals surface area contributed by atoms with Gasteiger partial charge in [0.15, 0.2) is 8.32 Å². The van der Waals surface area contributed by atoms with E-state index in [1.807, 2.05) is 0 Å². The summed E-state index contributed by atoms with van der Waals surface area (Å²) in [5, 5.41) is 9.07. The number of amides is 3. The molecule has 0 aromatic carbocycles. The molecule has 0 aromatic heterocycles. The number of unbranched alkanes of at least 4 members (excludes halogenated alkanes) is 2. The standard InChI is InChI=1S/C18H39N3O6Si2/c1-7-10-14-25-29(26-15-11-8-2,27-28(4,5)6)16-12-13-19-17(22)20-21-18(23)24-9-3/h7-16H2,1-6H3,(H,19,22)/b21-20+. The van der Waals surface area contributed by atoms with Crippen LogP contribution in [-0.2, 0) is 17.7 Å². The maximum absolute atomic E-state index is 11.7. The normalized spacial score (nSPS) is 12.3. The Bertz CT molecular complexity index is 490. The van der Waals surface area contributed by atoms with E-state index in [9.17, 15) is 9.59 Å². The summed E-state index contributed by atoms with van der Waals surface area (Å²) < 4.78 is 23.5. The molecule has 0 heterocycles. The second-order valence-corrected chi connectivity index (χ2v) is 15.0. The molecule has 0 atom stereocenters. The van der Waals surface area contributed by atoms with Gasteiger partial charge in [0.05, 0.1) is 6.61 Å². The number of azo groups is 1. The number of ether oxygens (including phenoxy) is 1. The molecule has 0 saturated heterocycles. The van der Waals surface area contributed by atoms with Gasteiger partial charge in [0.25, 0.3) is 0 Å². The van der Waals surface area contributed by atoms with E-state index in [4.69, 9.17) is 13.0 Å². The monoisotopic (exact) mass is 449 g/mol. The zero-order valence-corrected chi connectivity index (χ0v) is 20.9. The van der Waals surface area contributed by atoms with Crippen LogP contribution in [0.4, 0.5) is 9.59 Å². The molecule has 0 saturated carbocycles. The first-order valence-electron chi connectivity index (χ1n) is 10.5. The van der Waals surface area contributed by atoms with Crippen LogP contribution in [0.15, 0.2) is 10.2 Å². The third-order valence-electron chi connectivity index (χ3n) is 3.53. The van der Waals surface area contributed by atoms with Crippen LogP contribution >= 0.6 is 0 Å². The van der Waals surface area contributed by atoms with Gasteiger partial charge in [0.1, 0.15) is 0 Å². The number of nitrogens with zero attached hydrogens (tertiary/aromatic N) is 2. The minimum atomic E-state index is -2.84. The predicted molar refractivity (Wildman–Crippen MR) is 117 cm³/mol. The molecule has 0 radical (unpaired) electrons. The molecule has 0 aliphatic rings. The Balaban J connectivity index is 4.81. The highest BCUT2D eigenvalue weighted by Crippen LogP contribution is 2.24. The molecule has 0 aliphatic heterocycles. The Morgan fingerprint density at radius 2 is 1.48 bits per heavy atom. The molecule has 11 heteroatoms. The molecular formula is C18H39N3O6Si2. The van der Waals surface area contributed by atoms with Gasteiger partial charge in [-0.25, -0.2) is 9.59 Å². The second-order valence-electron chi connectivity index (χ2n) is 7.54. The van der Waals surface area contributed by atoms with Crippen molar-refractivity contribution in [3.63, 3.8) is 0 Å². The summed E-state index contributed by atoms with van der Waals surface area (Å²) in [6.45, 7) is 14.0. The van der Waals surface area contributed by atoms with Gasteiger partial charge in [-0.15, -0.1) is 0 Å². The van der Waals surface area contributed by atoms with Crippen LogP contribution in [0.5, 0.6) is 0 Å². The van der Waals surface area contributed by atoms with Gasteiger partial charge < -0.3 is 23.0 Å². The fourth-order valence-corrected chi connectivity index (χ4v) is 8.78. The van der Waals surface area contributed by atoms with Crippen molar-refractivity contribution in [3.05, 3.63) is 0 Å². The number of rotatable bonds is 15. The van der Waals surface area contributed by atoms with Crippen molar-refractivity contribution >= 4 is 29.2 Å². The maximum atomic E-state index is 11.7. The highest BCUT2D eigenvalue weighted by molar-refractivity contribution is 6.80. The van der Waals surface area contributed by atoms with Crippen molar-refractivity contribution < 1.29 is 27.3 Å². The minimum Gasteiger partial charge on any atom is -0.447 e. The van der Waals surface area contributed by atoms with Gasteiger partial charge in [0.2, 0.25) is 0 Å². The smallest absolute Gasteiger partial charge is 0.447 e. The Hall–Kier alpha value is -1.15. The molecule has 0 aromatic rings. The Labute approximate surface area is 177 Å². The summed E-state index contributed by atoms with van der Waals surface area (Å²) in [6.07, 6.45) is 3.71. The molecule has 3 amide bonds. The van der Waals surface area contributed by atoms with Crippen LogP contribution in [0.3, 0.4) is 0 Å². The summed E-state index contributed by atoms with van der Waals surface area (Å²) >= 11 is 0. The average Bonchev–Trinajstić information content (AvgIpc) is 2.63. The van der Waals surface area contributed by atoms with Crippen LogP contribution in [0.2, 0.25) is 25.7 Å². The topological polar surface area (TPSA) is 108 Å². The highest BCUT2D eigenvalue weighted by atomic mass is 28.5. The molecule has 0 bridgehead atoms. The molecule has 9 nitrogen and oxygen atoms in total. The fraction of sp³-hybridized carbons (Fsp3) is 0.889. The largest absolute Gasteiger partial charge is 0.490 e. The van der Waals surface area contributed by atoms with Crippen LogP contribution in [0, 0.1) is 0 Å². The van der Waals surface area contributed by atoms with E-state index in [0.29, 0.717) is 32.2 Å². The van der Waals surface area contributed by atoms with Crippen molar-refractivity contribution in [2.45, 2.75) is 78.6 Å². The lowest BCUT2D eigenvalue weighted by Crippen LogP contribution is -2.53. The molecule has 0 aliphatic carbocycles. The molecule has 0 unspecified atom stereocenters. The van der Waals surface area contributed by atoms with Crippen molar-refractivity contribution in [1.82, 2.24) is 5.32 Å². The molecule has 0 fully saturated rings. The first-order valence-corrected chi connectivity index (χ1v) is 15.9. The lowest BCUT2D eigenvalue weighted by Gasteiger charge is -2.35. The molecule has 0 spiro atoms. The van der Waals surface area contributed by atoms with Gasteiger partial charge in [-0.1, -0.05) is 36.9 Å². The summed E-state index contributed by atoms with van der Waals surface area (Å²) in [4.78, 5) is 22.8. The van der Waals surface area contributed by atoms with Crippen molar-refractivity contribution in [1.29, 1.82) is 0 Å².